The van der Waals surface area contributed by atoms with Gasteiger partial charge in [0.1, 0.15) is 11.6 Å². The second-order valence-electron chi connectivity index (χ2n) is 6.06. The van der Waals surface area contributed by atoms with Crippen LogP contribution in [0.5, 0.6) is 0 Å². The monoisotopic (exact) mass is 396 g/mol. The third kappa shape index (κ3) is 3.91. The van der Waals surface area contributed by atoms with Crippen LogP contribution in [0.4, 0.5) is 8.78 Å². The molecular formula is C20H14F2N4OS. The number of hydrogen-bond donors (Lipinski definition) is 0. The molecule has 8 heteroatoms. The predicted octanol–water partition coefficient (Wildman–Crippen LogP) is 3.81. The fourth-order valence-corrected chi connectivity index (χ4v) is 3.66. The lowest BCUT2D eigenvalue weighted by Crippen LogP contribution is -2.25. The van der Waals surface area contributed by atoms with Gasteiger partial charge in [-0.25, -0.2) is 23.7 Å². The van der Waals surface area contributed by atoms with Crippen molar-refractivity contribution in [1.82, 2.24) is 19.5 Å². The third-order valence-electron chi connectivity index (χ3n) is 4.07. The molecule has 5 nitrogen and oxygen atoms in total. The van der Waals surface area contributed by atoms with E-state index < -0.39 is 0 Å². The Hall–Kier alpha value is -3.13. The maximum absolute atomic E-state index is 13.4. The highest BCUT2D eigenvalue weighted by Gasteiger charge is 2.14. The first kappa shape index (κ1) is 18.2. The van der Waals surface area contributed by atoms with Gasteiger partial charge in [-0.3, -0.25) is 9.36 Å². The molecule has 0 N–H and O–H groups in total. The van der Waals surface area contributed by atoms with Crippen molar-refractivity contribution in [3.05, 3.63) is 94.0 Å². The zero-order valence-electron chi connectivity index (χ0n) is 14.5. The minimum absolute atomic E-state index is 0.166. The van der Waals surface area contributed by atoms with Crippen LogP contribution in [0.15, 0.2) is 70.9 Å². The maximum Gasteiger partial charge on any atom is 0.282 e. The SMILES string of the molecule is O=c1c2nccnc2nc(SCc2cccc(F)c2)n1Cc1ccc(F)cc1. The minimum Gasteiger partial charge on any atom is -0.281 e. The van der Waals surface area contributed by atoms with E-state index in [0.29, 0.717) is 10.9 Å². The number of fused-ring (bicyclic) bond motifs is 1. The van der Waals surface area contributed by atoms with Crippen LogP contribution in [0, 0.1) is 11.6 Å². The van der Waals surface area contributed by atoms with Gasteiger partial charge in [0.2, 0.25) is 0 Å². The topological polar surface area (TPSA) is 60.7 Å². The van der Waals surface area contributed by atoms with Crippen molar-refractivity contribution in [1.29, 1.82) is 0 Å². The molecule has 28 heavy (non-hydrogen) atoms. The average molecular weight is 396 g/mol. The quantitative estimate of drug-likeness (QED) is 0.379. The van der Waals surface area contributed by atoms with Crippen LogP contribution in [0.2, 0.25) is 0 Å². The normalized spacial score (nSPS) is 11.1. The van der Waals surface area contributed by atoms with Gasteiger partial charge in [0.25, 0.3) is 5.56 Å². The largest absolute Gasteiger partial charge is 0.282 e. The molecule has 0 amide bonds. The predicted molar refractivity (Wildman–Crippen MR) is 103 cm³/mol. The number of nitrogens with zero attached hydrogens (tertiary/aromatic N) is 4. The van der Waals surface area contributed by atoms with Gasteiger partial charge < -0.3 is 0 Å². The highest BCUT2D eigenvalue weighted by atomic mass is 32.2. The summed E-state index contributed by atoms with van der Waals surface area (Å²) in [6, 6.07) is 12.2. The summed E-state index contributed by atoms with van der Waals surface area (Å²) in [4.78, 5) is 25.6. The first-order valence-electron chi connectivity index (χ1n) is 8.43. The first-order valence-corrected chi connectivity index (χ1v) is 9.42. The number of rotatable bonds is 5. The van der Waals surface area contributed by atoms with Crippen LogP contribution in [-0.2, 0) is 12.3 Å². The minimum atomic E-state index is -0.348. The molecule has 0 spiro atoms. The van der Waals surface area contributed by atoms with Crippen LogP contribution in [-0.4, -0.2) is 19.5 Å². The van der Waals surface area contributed by atoms with Crippen molar-refractivity contribution in [3.63, 3.8) is 0 Å². The van der Waals surface area contributed by atoms with Crippen molar-refractivity contribution in [2.45, 2.75) is 17.5 Å². The molecule has 0 saturated carbocycles. The Kier molecular flexibility index (Phi) is 5.12. The Morgan fingerprint density at radius 1 is 0.929 bits per heavy atom. The average Bonchev–Trinajstić information content (AvgIpc) is 2.70. The number of halogens is 2. The van der Waals surface area contributed by atoms with Crippen LogP contribution >= 0.6 is 11.8 Å². The van der Waals surface area contributed by atoms with Gasteiger partial charge in [0, 0.05) is 18.1 Å². The van der Waals surface area contributed by atoms with Crippen molar-refractivity contribution >= 4 is 22.9 Å². The van der Waals surface area contributed by atoms with E-state index in [2.05, 4.69) is 15.0 Å². The van der Waals surface area contributed by atoms with Gasteiger partial charge in [-0.1, -0.05) is 36.0 Å². The van der Waals surface area contributed by atoms with Crippen LogP contribution in [0.1, 0.15) is 11.1 Å². The number of aromatic nitrogens is 4. The molecule has 0 aliphatic heterocycles. The number of thioether (sulfide) groups is 1. The zero-order chi connectivity index (χ0) is 19.5. The number of hydrogen-bond acceptors (Lipinski definition) is 5. The van der Waals surface area contributed by atoms with E-state index in [4.69, 9.17) is 0 Å². The van der Waals surface area contributed by atoms with Gasteiger partial charge in [-0.15, -0.1) is 0 Å². The first-order chi connectivity index (χ1) is 13.6. The molecule has 0 aliphatic rings. The standard InChI is InChI=1S/C20H14F2N4OS/c21-15-6-4-13(5-7-15)11-26-19(27)17-18(24-9-8-23-17)25-20(26)28-12-14-2-1-3-16(22)10-14/h1-10H,11-12H2. The van der Waals surface area contributed by atoms with Gasteiger partial charge >= 0.3 is 0 Å². The second-order valence-corrected chi connectivity index (χ2v) is 7.00. The molecule has 2 aromatic carbocycles. The lowest BCUT2D eigenvalue weighted by atomic mass is 10.2. The summed E-state index contributed by atoms with van der Waals surface area (Å²) >= 11 is 1.30. The molecule has 0 radical (unpaired) electrons. The van der Waals surface area contributed by atoms with Crippen molar-refractivity contribution in [2.24, 2.45) is 0 Å². The summed E-state index contributed by atoms with van der Waals surface area (Å²) in [5.74, 6) is -0.238. The van der Waals surface area contributed by atoms with Crippen LogP contribution in [0.25, 0.3) is 11.2 Å². The van der Waals surface area contributed by atoms with Crippen molar-refractivity contribution in [2.75, 3.05) is 0 Å². The maximum atomic E-state index is 13.4. The van der Waals surface area contributed by atoms with E-state index in [1.165, 1.54) is 53.0 Å². The second kappa shape index (κ2) is 7.85. The lowest BCUT2D eigenvalue weighted by Gasteiger charge is -2.12. The van der Waals surface area contributed by atoms with E-state index in [1.54, 1.807) is 24.3 Å². The van der Waals surface area contributed by atoms with E-state index >= 15 is 0 Å². The highest BCUT2D eigenvalue weighted by molar-refractivity contribution is 7.98. The van der Waals surface area contributed by atoms with E-state index in [1.807, 2.05) is 0 Å². The summed E-state index contributed by atoms with van der Waals surface area (Å²) in [5, 5.41) is 0.437. The van der Waals surface area contributed by atoms with Crippen LogP contribution < -0.4 is 5.56 Å². The summed E-state index contributed by atoms with van der Waals surface area (Å²) < 4.78 is 28.1. The van der Waals surface area contributed by atoms with Gasteiger partial charge in [-0.2, -0.15) is 0 Å². The van der Waals surface area contributed by atoms with Crippen molar-refractivity contribution < 1.29 is 8.78 Å². The molecule has 2 aromatic heterocycles. The molecule has 0 fully saturated rings. The molecule has 0 saturated heterocycles. The van der Waals surface area contributed by atoms with Gasteiger partial charge in [-0.05, 0) is 35.4 Å². The molecule has 0 aliphatic carbocycles. The van der Waals surface area contributed by atoms with E-state index in [0.717, 1.165) is 11.1 Å². The fraction of sp³-hybridized carbons (Fsp3) is 0.100. The molecule has 2 heterocycles. The zero-order valence-corrected chi connectivity index (χ0v) is 15.4. The third-order valence-corrected chi connectivity index (χ3v) is 5.12. The van der Waals surface area contributed by atoms with Crippen LogP contribution in [0.3, 0.4) is 0 Å². The Balaban J connectivity index is 1.74. The van der Waals surface area contributed by atoms with E-state index in [9.17, 15) is 13.6 Å². The molecule has 4 aromatic rings. The molecular weight excluding hydrogens is 382 g/mol. The molecule has 0 atom stereocenters. The smallest absolute Gasteiger partial charge is 0.281 e. The Morgan fingerprint density at radius 3 is 2.50 bits per heavy atom. The molecule has 140 valence electrons. The Labute approximate surface area is 163 Å². The lowest BCUT2D eigenvalue weighted by molar-refractivity contribution is 0.622. The summed E-state index contributed by atoms with van der Waals surface area (Å²) in [5.41, 5.74) is 1.61. The van der Waals surface area contributed by atoms with Gasteiger partial charge in [0.15, 0.2) is 16.3 Å². The van der Waals surface area contributed by atoms with E-state index in [-0.39, 0.29) is 34.9 Å². The Morgan fingerprint density at radius 2 is 1.71 bits per heavy atom. The highest BCUT2D eigenvalue weighted by Crippen LogP contribution is 2.22. The van der Waals surface area contributed by atoms with Crippen molar-refractivity contribution in [3.8, 4) is 0 Å². The molecule has 0 unspecified atom stereocenters. The molecule has 0 bridgehead atoms. The Bertz CT molecular complexity index is 1190. The van der Waals surface area contributed by atoms with Gasteiger partial charge in [0.05, 0.1) is 6.54 Å². The summed E-state index contributed by atoms with van der Waals surface area (Å²) in [6.45, 7) is 0.212. The molecule has 4 rings (SSSR count). The summed E-state index contributed by atoms with van der Waals surface area (Å²) in [6.07, 6.45) is 2.91. The summed E-state index contributed by atoms with van der Waals surface area (Å²) in [7, 11) is 0. The fourth-order valence-electron chi connectivity index (χ4n) is 2.73. The number of benzene rings is 2.